The Labute approximate surface area is 473 Å². The molecule has 0 bridgehead atoms. The summed E-state index contributed by atoms with van der Waals surface area (Å²) in [6.45, 7) is 4.81. The minimum absolute atomic E-state index is 0.299. The van der Waals surface area contributed by atoms with E-state index in [-0.39, 0.29) is 5.41 Å². The first-order valence-corrected chi connectivity index (χ1v) is 28.3. The molecule has 1 aliphatic rings. The molecule has 5 nitrogen and oxygen atoms in total. The van der Waals surface area contributed by atoms with Crippen LogP contribution in [0.25, 0.3) is 132 Å². The molecule has 1 aliphatic carbocycles. The number of fused-ring (bicyclic) bond motifs is 17. The van der Waals surface area contributed by atoms with Crippen LogP contribution in [0.5, 0.6) is 0 Å². The average molecular weight is 1050 g/mol. The summed E-state index contributed by atoms with van der Waals surface area (Å²) >= 11 is 0. The highest BCUT2D eigenvalue weighted by atomic mass is 15.2. The zero-order valence-corrected chi connectivity index (χ0v) is 45.2. The molecule has 0 N–H and O–H groups in total. The van der Waals surface area contributed by atoms with Gasteiger partial charge < -0.3 is 9.47 Å². The standard InChI is InChI=1S/C77H51N5/c1-77(2)66-41-40-63-58-30-15-14-28-56(58)57-29-16-17-32-62(57)74(63)75(66)65-46-73-64(45-67(65)77)61-39-37-55(44-72(61)82(73)76-78-68(49-21-6-3-7-22-49)47-69(79-76)50-23-8-4-9-24-50)80(53-35-34-48-20-12-13-25-51(48)42-53)54-36-38-60-59-31-18-19-33-70(59)81(71(60)43-54)52-26-10-5-11-27-52/h3-47H,1-2H3. The minimum atomic E-state index is -0.299. The van der Waals surface area contributed by atoms with E-state index in [2.05, 4.69) is 301 Å². The number of anilines is 3. The molecule has 0 unspecified atom stereocenters. The summed E-state index contributed by atoms with van der Waals surface area (Å²) in [5, 5.41) is 14.7. The maximum absolute atomic E-state index is 5.62. The Morgan fingerprint density at radius 2 is 0.805 bits per heavy atom. The van der Waals surface area contributed by atoms with E-state index in [1.807, 2.05) is 0 Å². The lowest BCUT2D eigenvalue weighted by molar-refractivity contribution is 0.661. The van der Waals surface area contributed by atoms with Crippen molar-refractivity contribution in [3.05, 3.63) is 284 Å². The molecular weight excluding hydrogens is 995 g/mol. The van der Waals surface area contributed by atoms with Gasteiger partial charge in [-0.1, -0.05) is 214 Å². The van der Waals surface area contributed by atoms with Crippen LogP contribution in [0.15, 0.2) is 273 Å². The molecule has 3 aromatic heterocycles. The van der Waals surface area contributed by atoms with Crippen LogP contribution in [0, 0.1) is 0 Å². The first kappa shape index (κ1) is 46.3. The van der Waals surface area contributed by atoms with Crippen molar-refractivity contribution < 1.29 is 0 Å². The second kappa shape index (κ2) is 17.7. The Balaban J connectivity index is 0.979. The quantitative estimate of drug-likeness (QED) is 0.149. The summed E-state index contributed by atoms with van der Waals surface area (Å²) in [6, 6.07) is 99.8. The summed E-state index contributed by atoms with van der Waals surface area (Å²) in [6.07, 6.45) is 0. The molecule has 0 radical (unpaired) electrons. The third-order valence-electron chi connectivity index (χ3n) is 17.6. The molecule has 82 heavy (non-hydrogen) atoms. The highest BCUT2D eigenvalue weighted by Gasteiger charge is 2.38. The van der Waals surface area contributed by atoms with E-state index in [1.54, 1.807) is 0 Å². The van der Waals surface area contributed by atoms with Crippen LogP contribution in [0.1, 0.15) is 25.0 Å². The Morgan fingerprint density at radius 3 is 1.48 bits per heavy atom. The smallest absolute Gasteiger partial charge is 0.235 e. The Morgan fingerprint density at radius 1 is 0.329 bits per heavy atom. The first-order chi connectivity index (χ1) is 40.4. The zero-order valence-electron chi connectivity index (χ0n) is 45.2. The molecular formula is C77H51N5. The second-order valence-electron chi connectivity index (χ2n) is 22.5. The van der Waals surface area contributed by atoms with Crippen molar-refractivity contribution in [3.8, 4) is 45.3 Å². The Hall–Kier alpha value is -10.6. The zero-order chi connectivity index (χ0) is 54.2. The number of hydrogen-bond acceptors (Lipinski definition) is 3. The maximum atomic E-state index is 5.62. The average Bonchev–Trinajstić information content (AvgIpc) is 3.96. The van der Waals surface area contributed by atoms with Gasteiger partial charge in [-0.2, -0.15) is 0 Å². The molecule has 384 valence electrons. The van der Waals surface area contributed by atoms with E-state index in [1.165, 1.54) is 81.6 Å². The summed E-state index contributed by atoms with van der Waals surface area (Å²) in [7, 11) is 0. The maximum Gasteiger partial charge on any atom is 0.235 e. The van der Waals surface area contributed by atoms with Crippen molar-refractivity contribution in [1.82, 2.24) is 19.1 Å². The topological polar surface area (TPSA) is 38.9 Å². The monoisotopic (exact) mass is 1050 g/mol. The van der Waals surface area contributed by atoms with Gasteiger partial charge in [-0.15, -0.1) is 0 Å². The fourth-order valence-corrected chi connectivity index (χ4v) is 13.8. The van der Waals surface area contributed by atoms with Gasteiger partial charge in [0, 0.05) is 60.8 Å². The van der Waals surface area contributed by atoms with Gasteiger partial charge in [0.25, 0.3) is 0 Å². The van der Waals surface area contributed by atoms with Gasteiger partial charge in [0.2, 0.25) is 5.95 Å². The molecule has 5 heteroatoms. The van der Waals surface area contributed by atoms with E-state index in [0.717, 1.165) is 72.6 Å². The van der Waals surface area contributed by atoms with Crippen molar-refractivity contribution in [1.29, 1.82) is 0 Å². The van der Waals surface area contributed by atoms with Crippen molar-refractivity contribution in [2.75, 3.05) is 4.90 Å². The minimum Gasteiger partial charge on any atom is -0.310 e. The van der Waals surface area contributed by atoms with Crippen molar-refractivity contribution in [2.24, 2.45) is 0 Å². The van der Waals surface area contributed by atoms with Crippen molar-refractivity contribution in [2.45, 2.75) is 19.3 Å². The lowest BCUT2D eigenvalue weighted by Crippen LogP contribution is -2.14. The highest BCUT2D eigenvalue weighted by molar-refractivity contribution is 6.30. The van der Waals surface area contributed by atoms with E-state index >= 15 is 0 Å². The van der Waals surface area contributed by atoms with Gasteiger partial charge in [0.05, 0.1) is 33.5 Å². The summed E-state index contributed by atoms with van der Waals surface area (Å²) in [5.74, 6) is 0.607. The number of nitrogens with zero attached hydrogens (tertiary/aromatic N) is 5. The molecule has 13 aromatic carbocycles. The van der Waals surface area contributed by atoms with Gasteiger partial charge >= 0.3 is 0 Å². The molecule has 0 aliphatic heterocycles. The molecule has 0 spiro atoms. The van der Waals surface area contributed by atoms with E-state index in [4.69, 9.17) is 9.97 Å². The molecule has 0 saturated heterocycles. The van der Waals surface area contributed by atoms with Crippen molar-refractivity contribution in [3.63, 3.8) is 0 Å². The molecule has 0 saturated carbocycles. The third-order valence-corrected chi connectivity index (χ3v) is 17.6. The lowest BCUT2D eigenvalue weighted by atomic mass is 9.81. The fraction of sp³-hybridized carbons (Fsp3) is 0.0390. The Kier molecular flexibility index (Phi) is 9.99. The largest absolute Gasteiger partial charge is 0.310 e. The first-order valence-electron chi connectivity index (χ1n) is 28.3. The lowest BCUT2D eigenvalue weighted by Gasteiger charge is -2.26. The molecule has 3 heterocycles. The van der Waals surface area contributed by atoms with Crippen LogP contribution >= 0.6 is 0 Å². The molecule has 0 amide bonds. The summed E-state index contributed by atoms with van der Waals surface area (Å²) in [5.41, 5.74) is 17.2. The van der Waals surface area contributed by atoms with E-state index in [9.17, 15) is 0 Å². The summed E-state index contributed by atoms with van der Waals surface area (Å²) < 4.78 is 4.76. The van der Waals surface area contributed by atoms with Gasteiger partial charge in [-0.05, 0) is 138 Å². The van der Waals surface area contributed by atoms with E-state index < -0.39 is 0 Å². The number of hydrogen-bond donors (Lipinski definition) is 0. The predicted molar refractivity (Wildman–Crippen MR) is 344 cm³/mol. The molecule has 16 aromatic rings. The Bertz CT molecular complexity index is 5210. The van der Waals surface area contributed by atoms with Gasteiger partial charge in [0.15, 0.2) is 0 Å². The predicted octanol–water partition coefficient (Wildman–Crippen LogP) is 20.4. The van der Waals surface area contributed by atoms with Gasteiger partial charge in [-0.3, -0.25) is 4.57 Å². The van der Waals surface area contributed by atoms with Gasteiger partial charge in [-0.25, -0.2) is 9.97 Å². The third kappa shape index (κ3) is 6.87. The van der Waals surface area contributed by atoms with Crippen LogP contribution in [0.3, 0.4) is 0 Å². The molecule has 0 fully saturated rings. The number of benzene rings is 13. The number of rotatable bonds is 7. The summed E-state index contributed by atoms with van der Waals surface area (Å²) in [4.78, 5) is 13.7. The molecule has 0 atom stereocenters. The van der Waals surface area contributed by atoms with Crippen LogP contribution < -0.4 is 4.90 Å². The number of para-hydroxylation sites is 2. The van der Waals surface area contributed by atoms with E-state index in [0.29, 0.717) is 5.95 Å². The number of aromatic nitrogens is 4. The van der Waals surface area contributed by atoms with Crippen LogP contribution in [-0.4, -0.2) is 19.1 Å². The SMILES string of the molecule is CC1(C)c2cc3c4ccc(N(c5ccc6ccccc6c5)c5ccc6c7ccccc7n(-c7ccccc7)c6c5)cc4n(-c4nc(-c5ccccc5)cc(-c5ccccc5)n4)c3cc2-c2c1ccc1c3ccccc3c3ccccc3c21. The van der Waals surface area contributed by atoms with Crippen LogP contribution in [-0.2, 0) is 5.41 Å². The second-order valence-corrected chi connectivity index (χ2v) is 22.5. The van der Waals surface area contributed by atoms with Gasteiger partial charge in [0.1, 0.15) is 0 Å². The normalized spacial score (nSPS) is 12.9. The van der Waals surface area contributed by atoms with Crippen LogP contribution in [0.2, 0.25) is 0 Å². The van der Waals surface area contributed by atoms with Crippen molar-refractivity contribution >= 4 is 104 Å². The molecule has 17 rings (SSSR count). The van der Waals surface area contributed by atoms with Crippen LogP contribution in [0.4, 0.5) is 17.1 Å². The highest BCUT2D eigenvalue weighted by Crippen LogP contribution is 2.56. The fourth-order valence-electron chi connectivity index (χ4n) is 13.8.